The van der Waals surface area contributed by atoms with Crippen molar-refractivity contribution in [3.63, 3.8) is 0 Å². The summed E-state index contributed by atoms with van der Waals surface area (Å²) in [6.07, 6.45) is 0.985. The zero-order chi connectivity index (χ0) is 21.5. The molecule has 0 fully saturated rings. The van der Waals surface area contributed by atoms with E-state index in [0.717, 1.165) is 17.7 Å². The van der Waals surface area contributed by atoms with Crippen LogP contribution >= 0.6 is 0 Å². The van der Waals surface area contributed by atoms with Crippen LogP contribution in [0.1, 0.15) is 36.5 Å². The van der Waals surface area contributed by atoms with Crippen molar-refractivity contribution in [2.24, 2.45) is 10.7 Å². The molecule has 2 aromatic rings. The maximum atomic E-state index is 14.7. The Balaban J connectivity index is 1.56. The van der Waals surface area contributed by atoms with Gasteiger partial charge in [0.1, 0.15) is 11.6 Å². The van der Waals surface area contributed by atoms with E-state index in [1.54, 1.807) is 19.1 Å². The van der Waals surface area contributed by atoms with Crippen molar-refractivity contribution >= 4 is 17.6 Å². The molecule has 4 rings (SSSR count). The molecule has 0 radical (unpaired) electrons. The van der Waals surface area contributed by atoms with Gasteiger partial charge in [0.05, 0.1) is 12.0 Å². The van der Waals surface area contributed by atoms with Crippen LogP contribution in [0.2, 0.25) is 0 Å². The van der Waals surface area contributed by atoms with Crippen molar-refractivity contribution in [3.05, 3.63) is 65.0 Å². The molecule has 30 heavy (non-hydrogen) atoms. The number of nitrogens with zero attached hydrogens (tertiary/aromatic N) is 2. The Labute approximate surface area is 174 Å². The lowest BCUT2D eigenvalue weighted by molar-refractivity contribution is -0.128. The number of ketones is 1. The summed E-state index contributed by atoms with van der Waals surface area (Å²) in [6, 6.07) is 12.2. The lowest BCUT2D eigenvalue weighted by Crippen LogP contribution is -2.47. The second-order valence-corrected chi connectivity index (χ2v) is 8.08. The molecule has 2 aromatic carbocycles. The number of hydrogen-bond acceptors (Lipinski definition) is 5. The van der Waals surface area contributed by atoms with Crippen molar-refractivity contribution in [2.75, 3.05) is 7.05 Å². The molecule has 0 bridgehead atoms. The molecule has 0 spiro atoms. The van der Waals surface area contributed by atoms with Gasteiger partial charge >= 0.3 is 0 Å². The molecular formula is C23H24FN3O3. The second kappa shape index (κ2) is 7.55. The molecule has 0 saturated heterocycles. The fourth-order valence-corrected chi connectivity index (χ4v) is 4.02. The molecule has 2 atom stereocenters. The fraction of sp³-hybridized carbons (Fsp3) is 0.348. The van der Waals surface area contributed by atoms with Crippen LogP contribution in [0.5, 0.6) is 5.75 Å². The molecule has 156 valence electrons. The fourth-order valence-electron chi connectivity index (χ4n) is 4.02. The van der Waals surface area contributed by atoms with Gasteiger partial charge in [-0.1, -0.05) is 24.3 Å². The van der Waals surface area contributed by atoms with Gasteiger partial charge in [0, 0.05) is 19.0 Å². The van der Waals surface area contributed by atoms with Gasteiger partial charge in [0.25, 0.3) is 0 Å². The predicted octanol–water partition coefficient (Wildman–Crippen LogP) is 2.72. The maximum absolute atomic E-state index is 14.7. The van der Waals surface area contributed by atoms with Gasteiger partial charge in [0.15, 0.2) is 17.8 Å². The summed E-state index contributed by atoms with van der Waals surface area (Å²) >= 11 is 0. The molecule has 0 aliphatic carbocycles. The van der Waals surface area contributed by atoms with Crippen LogP contribution in [0.4, 0.5) is 4.39 Å². The van der Waals surface area contributed by atoms with E-state index < -0.39 is 17.5 Å². The number of nitrogens with two attached hydrogens (primary N) is 1. The molecule has 6 nitrogen and oxygen atoms in total. The Morgan fingerprint density at radius 3 is 2.87 bits per heavy atom. The molecule has 2 unspecified atom stereocenters. The molecule has 1 amide bonds. The number of amides is 1. The Morgan fingerprint density at radius 1 is 1.33 bits per heavy atom. The Kier molecular flexibility index (Phi) is 5.05. The van der Waals surface area contributed by atoms with Crippen molar-refractivity contribution in [3.8, 4) is 5.75 Å². The molecule has 0 aromatic heterocycles. The van der Waals surface area contributed by atoms with Gasteiger partial charge in [-0.25, -0.2) is 9.38 Å². The van der Waals surface area contributed by atoms with E-state index in [1.165, 1.54) is 18.0 Å². The number of fused-ring (bicyclic) bond motifs is 1. The van der Waals surface area contributed by atoms with Crippen LogP contribution in [-0.2, 0) is 28.0 Å². The van der Waals surface area contributed by atoms with E-state index >= 15 is 0 Å². The first-order chi connectivity index (χ1) is 14.3. The van der Waals surface area contributed by atoms with E-state index in [4.69, 9.17) is 10.5 Å². The highest BCUT2D eigenvalue weighted by Crippen LogP contribution is 2.35. The highest BCUT2D eigenvalue weighted by atomic mass is 19.1. The van der Waals surface area contributed by atoms with Crippen LogP contribution in [0.25, 0.3) is 0 Å². The summed E-state index contributed by atoms with van der Waals surface area (Å²) < 4.78 is 20.5. The standard InChI is InChI=1S/C23H24FN3O3/c1-23(13-21(29)27(2)22(25)26-23)16-11-14(7-9-17(16)24)12-18(28)20-10-8-15-5-3-4-6-19(15)30-20/h3-7,9,11,20H,8,10,12-13H2,1-2H3,(H2,25,26). The zero-order valence-corrected chi connectivity index (χ0v) is 17.0. The number of rotatable bonds is 4. The molecule has 2 N–H and O–H groups in total. The quantitative estimate of drug-likeness (QED) is 0.842. The van der Waals surface area contributed by atoms with Crippen LogP contribution in [-0.4, -0.2) is 35.7 Å². The number of benzene rings is 2. The number of hydrogen-bond donors (Lipinski definition) is 1. The van der Waals surface area contributed by atoms with Gasteiger partial charge < -0.3 is 10.5 Å². The van der Waals surface area contributed by atoms with Gasteiger partial charge in [-0.15, -0.1) is 0 Å². The Hall–Kier alpha value is -3.22. The first-order valence-corrected chi connectivity index (χ1v) is 9.95. The number of halogens is 1. The Morgan fingerprint density at radius 2 is 2.10 bits per heavy atom. The first kappa shape index (κ1) is 20.1. The van der Waals surface area contributed by atoms with Crippen LogP contribution in [0, 0.1) is 5.82 Å². The minimum absolute atomic E-state index is 0.00103. The van der Waals surface area contributed by atoms with E-state index in [2.05, 4.69) is 4.99 Å². The Bertz CT molecular complexity index is 1050. The summed E-state index contributed by atoms with van der Waals surface area (Å²) in [6.45, 7) is 1.68. The van der Waals surface area contributed by atoms with Crippen molar-refractivity contribution in [1.29, 1.82) is 0 Å². The highest BCUT2D eigenvalue weighted by molar-refractivity contribution is 5.98. The monoisotopic (exact) mass is 409 g/mol. The third kappa shape index (κ3) is 3.67. The minimum Gasteiger partial charge on any atom is -0.482 e. The van der Waals surface area contributed by atoms with Crippen molar-refractivity contribution in [1.82, 2.24) is 4.90 Å². The molecule has 0 saturated carbocycles. The zero-order valence-electron chi connectivity index (χ0n) is 17.0. The summed E-state index contributed by atoms with van der Waals surface area (Å²) in [5.41, 5.74) is 6.74. The number of guanidine groups is 1. The summed E-state index contributed by atoms with van der Waals surface area (Å²) in [5, 5.41) is 0. The number of carbonyl (C=O) groups is 2. The largest absolute Gasteiger partial charge is 0.482 e. The van der Waals surface area contributed by atoms with Crippen LogP contribution in [0.3, 0.4) is 0 Å². The number of carbonyl (C=O) groups excluding carboxylic acids is 2. The lowest BCUT2D eigenvalue weighted by atomic mass is 9.85. The molecule has 7 heteroatoms. The van der Waals surface area contributed by atoms with E-state index in [9.17, 15) is 14.0 Å². The molecule has 2 aliphatic rings. The lowest BCUT2D eigenvalue weighted by Gasteiger charge is -2.34. The predicted molar refractivity (Wildman–Crippen MR) is 111 cm³/mol. The summed E-state index contributed by atoms with van der Waals surface area (Å²) in [4.78, 5) is 30.7. The highest BCUT2D eigenvalue weighted by Gasteiger charge is 2.38. The summed E-state index contributed by atoms with van der Waals surface area (Å²) in [5.74, 6) is 0.00763. The second-order valence-electron chi connectivity index (χ2n) is 8.08. The van der Waals surface area contributed by atoms with Gasteiger partial charge in [-0.2, -0.15) is 0 Å². The van der Waals surface area contributed by atoms with Gasteiger partial charge in [-0.05, 0) is 49.1 Å². The normalized spacial score (nSPS) is 23.4. The number of para-hydroxylation sites is 1. The SMILES string of the molecule is CN1C(=O)CC(C)(c2cc(CC(=O)C3CCc4ccccc4O3)ccc2F)N=C1N. The number of Topliss-reactive ketones (excluding diaryl/α,β-unsaturated/α-hetero) is 1. The summed E-state index contributed by atoms with van der Waals surface area (Å²) in [7, 11) is 1.54. The van der Waals surface area contributed by atoms with Gasteiger partial charge in [-0.3, -0.25) is 14.5 Å². The van der Waals surface area contributed by atoms with Crippen LogP contribution in [0.15, 0.2) is 47.5 Å². The average molecular weight is 409 g/mol. The van der Waals surface area contributed by atoms with E-state index in [1.807, 2.05) is 24.3 Å². The molecular weight excluding hydrogens is 385 g/mol. The third-order valence-electron chi connectivity index (χ3n) is 5.84. The topological polar surface area (TPSA) is 85.0 Å². The van der Waals surface area contributed by atoms with Crippen molar-refractivity contribution in [2.45, 2.75) is 44.2 Å². The van der Waals surface area contributed by atoms with E-state index in [0.29, 0.717) is 12.0 Å². The van der Waals surface area contributed by atoms with Gasteiger partial charge in [0.2, 0.25) is 5.91 Å². The third-order valence-corrected chi connectivity index (χ3v) is 5.84. The smallest absolute Gasteiger partial charge is 0.231 e. The number of ether oxygens (including phenoxy) is 1. The number of aliphatic imine (C=N–C) groups is 1. The molecule has 2 aliphatic heterocycles. The maximum Gasteiger partial charge on any atom is 0.231 e. The number of aryl methyl sites for hydroxylation is 1. The van der Waals surface area contributed by atoms with E-state index in [-0.39, 0.29) is 36.1 Å². The van der Waals surface area contributed by atoms with Crippen LogP contribution < -0.4 is 10.5 Å². The average Bonchev–Trinajstić information content (AvgIpc) is 2.73. The van der Waals surface area contributed by atoms with Crippen molar-refractivity contribution < 1.29 is 18.7 Å². The molecule has 2 heterocycles. The minimum atomic E-state index is -1.11. The first-order valence-electron chi connectivity index (χ1n) is 9.95.